The number of unbranched alkanes of at least 4 members (excludes halogenated alkanes) is 1. The molecule has 0 bridgehead atoms. The molecule has 7 nitrogen and oxygen atoms in total. The number of carbonyl (C=O) groups is 2. The Kier molecular flexibility index (Phi) is 12.1. The van der Waals surface area contributed by atoms with E-state index in [1.807, 2.05) is 80.5 Å². The predicted octanol–water partition coefficient (Wildman–Crippen LogP) is 4.79. The van der Waals surface area contributed by atoms with Crippen LogP contribution in [0.5, 0.6) is 11.5 Å². The van der Waals surface area contributed by atoms with Gasteiger partial charge >= 0.3 is 5.97 Å². The molecule has 2 rings (SSSR count). The van der Waals surface area contributed by atoms with Crippen LogP contribution in [0.4, 0.5) is 5.69 Å². The van der Waals surface area contributed by atoms with Crippen molar-refractivity contribution in [1.29, 1.82) is 0 Å². The third kappa shape index (κ3) is 9.93. The van der Waals surface area contributed by atoms with Gasteiger partial charge in [-0.2, -0.15) is 0 Å². The molecule has 1 unspecified atom stereocenters. The minimum absolute atomic E-state index is 0.0695. The Balaban J connectivity index is 1.73. The number of anilines is 1. The van der Waals surface area contributed by atoms with Crippen molar-refractivity contribution in [2.75, 3.05) is 45.7 Å². The summed E-state index contributed by atoms with van der Waals surface area (Å²) in [6.45, 7) is 6.17. The van der Waals surface area contributed by atoms with Gasteiger partial charge in [-0.3, -0.25) is 19.4 Å². The van der Waals surface area contributed by atoms with Crippen molar-refractivity contribution in [3.05, 3.63) is 54.6 Å². The fraction of sp³-hybridized carbons (Fsp3) is 0.481. The van der Waals surface area contributed by atoms with Crippen molar-refractivity contribution in [2.45, 2.75) is 45.6 Å². The average Bonchev–Trinajstić information content (AvgIpc) is 2.81. The van der Waals surface area contributed by atoms with E-state index in [0.717, 1.165) is 50.2 Å². The van der Waals surface area contributed by atoms with E-state index in [2.05, 4.69) is 17.1 Å². The van der Waals surface area contributed by atoms with E-state index in [0.29, 0.717) is 18.9 Å². The molecule has 0 radical (unpaired) electrons. The number of nitrogens with one attached hydrogen (secondary N) is 1. The Morgan fingerprint density at radius 2 is 1.59 bits per heavy atom. The van der Waals surface area contributed by atoms with E-state index >= 15 is 0 Å². The SMILES string of the molecule is CCCCC(C(=O)OCC)N(C)CCCN(C)CC(=O)Nc1ccc(Oc2ccccc2)cc1. The van der Waals surface area contributed by atoms with Gasteiger partial charge in [-0.1, -0.05) is 38.0 Å². The zero-order valence-electron chi connectivity index (χ0n) is 21.0. The van der Waals surface area contributed by atoms with Gasteiger partial charge in [0.2, 0.25) is 5.91 Å². The summed E-state index contributed by atoms with van der Waals surface area (Å²) in [6.07, 6.45) is 3.70. The molecular formula is C27H39N3O4. The molecule has 0 spiro atoms. The second-order valence-electron chi connectivity index (χ2n) is 8.47. The molecule has 0 aromatic heterocycles. The first-order chi connectivity index (χ1) is 16.4. The molecule has 1 atom stereocenters. The maximum Gasteiger partial charge on any atom is 0.323 e. The maximum atomic E-state index is 12.4. The Hall–Kier alpha value is -2.90. The highest BCUT2D eigenvalue weighted by Crippen LogP contribution is 2.22. The van der Waals surface area contributed by atoms with E-state index in [4.69, 9.17) is 9.47 Å². The van der Waals surface area contributed by atoms with E-state index < -0.39 is 0 Å². The normalized spacial score (nSPS) is 11.9. The Morgan fingerprint density at radius 1 is 0.912 bits per heavy atom. The summed E-state index contributed by atoms with van der Waals surface area (Å²) in [4.78, 5) is 28.8. The lowest BCUT2D eigenvalue weighted by molar-refractivity contribution is -0.149. The topological polar surface area (TPSA) is 71.1 Å². The zero-order valence-corrected chi connectivity index (χ0v) is 21.0. The van der Waals surface area contributed by atoms with Crippen LogP contribution in [0.1, 0.15) is 39.5 Å². The van der Waals surface area contributed by atoms with Crippen molar-refractivity contribution >= 4 is 17.6 Å². The first-order valence-corrected chi connectivity index (χ1v) is 12.1. The fourth-order valence-corrected chi connectivity index (χ4v) is 3.66. The quantitative estimate of drug-likeness (QED) is 0.378. The van der Waals surface area contributed by atoms with Gasteiger partial charge in [0.15, 0.2) is 0 Å². The van der Waals surface area contributed by atoms with E-state index in [1.165, 1.54) is 0 Å². The molecule has 34 heavy (non-hydrogen) atoms. The first kappa shape index (κ1) is 27.3. The van der Waals surface area contributed by atoms with E-state index in [9.17, 15) is 9.59 Å². The van der Waals surface area contributed by atoms with Crippen LogP contribution >= 0.6 is 0 Å². The largest absolute Gasteiger partial charge is 0.465 e. The summed E-state index contributed by atoms with van der Waals surface area (Å²) in [5, 5.41) is 2.93. The number of rotatable bonds is 15. The van der Waals surface area contributed by atoms with Gasteiger partial charge in [0.05, 0.1) is 13.2 Å². The van der Waals surface area contributed by atoms with E-state index in [-0.39, 0.29) is 17.9 Å². The number of ether oxygens (including phenoxy) is 2. The molecule has 0 saturated carbocycles. The van der Waals surface area contributed by atoms with Crippen molar-refractivity contribution in [1.82, 2.24) is 9.80 Å². The smallest absolute Gasteiger partial charge is 0.323 e. The highest BCUT2D eigenvalue weighted by molar-refractivity contribution is 5.92. The maximum absolute atomic E-state index is 12.4. The number of carbonyl (C=O) groups excluding carboxylic acids is 2. The second kappa shape index (κ2) is 15.1. The van der Waals surface area contributed by atoms with Crippen LogP contribution in [0, 0.1) is 0 Å². The Morgan fingerprint density at radius 3 is 2.24 bits per heavy atom. The third-order valence-electron chi connectivity index (χ3n) is 5.50. The molecular weight excluding hydrogens is 430 g/mol. The molecule has 186 valence electrons. The summed E-state index contributed by atoms with van der Waals surface area (Å²) >= 11 is 0. The van der Waals surface area contributed by atoms with Gasteiger partial charge in [0.25, 0.3) is 0 Å². The minimum atomic E-state index is -0.206. The summed E-state index contributed by atoms with van der Waals surface area (Å²) in [5.41, 5.74) is 0.728. The highest BCUT2D eigenvalue weighted by Gasteiger charge is 2.23. The monoisotopic (exact) mass is 469 g/mol. The standard InChI is InChI=1S/C27H39N3O4/c1-5-7-14-25(27(32)33-6-2)30(4)20-11-19-29(3)21-26(31)28-22-15-17-24(18-16-22)34-23-12-9-8-10-13-23/h8-10,12-13,15-18,25H,5-7,11,14,19-21H2,1-4H3,(H,28,31). The number of likely N-dealkylation sites (N-methyl/N-ethyl adjacent to an activating group) is 2. The molecule has 1 amide bonds. The molecule has 0 fully saturated rings. The zero-order chi connectivity index (χ0) is 24.8. The molecule has 2 aromatic carbocycles. The van der Waals surface area contributed by atoms with E-state index in [1.54, 1.807) is 0 Å². The third-order valence-corrected chi connectivity index (χ3v) is 5.50. The molecule has 0 heterocycles. The van der Waals surface area contributed by atoms with Gasteiger partial charge in [-0.15, -0.1) is 0 Å². The van der Waals surface area contributed by atoms with Gasteiger partial charge in [0, 0.05) is 5.69 Å². The molecule has 0 aliphatic carbocycles. The van der Waals surface area contributed by atoms with Gasteiger partial charge in [-0.05, 0) is 83.3 Å². The summed E-state index contributed by atoms with van der Waals surface area (Å²) in [7, 11) is 3.89. The lowest BCUT2D eigenvalue weighted by Crippen LogP contribution is -2.41. The van der Waals surface area contributed by atoms with Crippen LogP contribution in [0.25, 0.3) is 0 Å². The molecule has 2 aromatic rings. The van der Waals surface area contributed by atoms with Crippen molar-refractivity contribution in [2.24, 2.45) is 0 Å². The van der Waals surface area contributed by atoms with Crippen LogP contribution in [0.2, 0.25) is 0 Å². The van der Waals surface area contributed by atoms with Gasteiger partial charge < -0.3 is 14.8 Å². The summed E-state index contributed by atoms with van der Waals surface area (Å²) in [5.74, 6) is 1.27. The summed E-state index contributed by atoms with van der Waals surface area (Å²) in [6, 6.07) is 16.7. The van der Waals surface area contributed by atoms with Crippen molar-refractivity contribution in [3.8, 4) is 11.5 Å². The number of amides is 1. The van der Waals surface area contributed by atoms with Crippen LogP contribution < -0.4 is 10.1 Å². The number of benzene rings is 2. The lowest BCUT2D eigenvalue weighted by Gasteiger charge is -2.27. The van der Waals surface area contributed by atoms with Crippen LogP contribution in [0.3, 0.4) is 0 Å². The number of nitrogens with zero attached hydrogens (tertiary/aromatic N) is 2. The summed E-state index contributed by atoms with van der Waals surface area (Å²) < 4.78 is 11.0. The number of hydrogen-bond donors (Lipinski definition) is 1. The van der Waals surface area contributed by atoms with Gasteiger partial charge in [0.1, 0.15) is 17.5 Å². The second-order valence-corrected chi connectivity index (χ2v) is 8.47. The van der Waals surface area contributed by atoms with Crippen molar-refractivity contribution in [3.63, 3.8) is 0 Å². The van der Waals surface area contributed by atoms with Crippen LogP contribution in [0.15, 0.2) is 54.6 Å². The molecule has 0 aliphatic heterocycles. The average molecular weight is 470 g/mol. The highest BCUT2D eigenvalue weighted by atomic mass is 16.5. The predicted molar refractivity (Wildman–Crippen MR) is 136 cm³/mol. The van der Waals surface area contributed by atoms with Crippen molar-refractivity contribution < 1.29 is 19.1 Å². The molecule has 7 heteroatoms. The first-order valence-electron chi connectivity index (χ1n) is 12.1. The molecule has 0 saturated heterocycles. The lowest BCUT2D eigenvalue weighted by atomic mass is 10.1. The number of esters is 1. The number of hydrogen-bond acceptors (Lipinski definition) is 6. The Bertz CT molecular complexity index is 858. The minimum Gasteiger partial charge on any atom is -0.465 e. The number of para-hydroxylation sites is 1. The van der Waals surface area contributed by atoms with Gasteiger partial charge in [-0.25, -0.2) is 0 Å². The fourth-order valence-electron chi connectivity index (χ4n) is 3.66. The van der Waals surface area contributed by atoms with Crippen LogP contribution in [-0.4, -0.2) is 68.1 Å². The Labute approximate surface area is 204 Å². The molecule has 0 aliphatic rings. The molecule has 1 N–H and O–H groups in total. The van der Waals surface area contributed by atoms with Crippen LogP contribution in [-0.2, 0) is 14.3 Å².